The van der Waals surface area contributed by atoms with Crippen LogP contribution in [0.1, 0.15) is 17.4 Å². The summed E-state index contributed by atoms with van der Waals surface area (Å²) in [6, 6.07) is 8.01. The van der Waals surface area contributed by atoms with Gasteiger partial charge in [0.2, 0.25) is 0 Å². The summed E-state index contributed by atoms with van der Waals surface area (Å²) >= 11 is 0. The van der Waals surface area contributed by atoms with Crippen LogP contribution in [0.2, 0.25) is 0 Å². The van der Waals surface area contributed by atoms with Gasteiger partial charge in [-0.2, -0.15) is 10.2 Å². The van der Waals surface area contributed by atoms with Crippen molar-refractivity contribution in [3.05, 3.63) is 60.6 Å². The Hall–Kier alpha value is -4.58. The highest BCUT2D eigenvalue weighted by Gasteiger charge is 2.23. The average Bonchev–Trinajstić information content (AvgIpc) is 3.55. The molecule has 1 fully saturated rings. The van der Waals surface area contributed by atoms with Crippen LogP contribution < -0.4 is 19.7 Å². The molecular formula is C26H28N10O2. The van der Waals surface area contributed by atoms with E-state index in [0.29, 0.717) is 52.6 Å². The molecule has 1 saturated heterocycles. The minimum absolute atomic E-state index is 0.323. The van der Waals surface area contributed by atoms with Gasteiger partial charge in [-0.15, -0.1) is 0 Å². The van der Waals surface area contributed by atoms with Gasteiger partial charge in [-0.05, 0) is 19.1 Å². The molecule has 1 aromatic carbocycles. The number of nitrogens with zero attached hydrogens (tertiary/aromatic N) is 9. The molecule has 0 aliphatic carbocycles. The fourth-order valence-electron chi connectivity index (χ4n) is 4.44. The van der Waals surface area contributed by atoms with Crippen molar-refractivity contribution in [3.63, 3.8) is 0 Å². The number of hydrogen-bond donors (Lipinski definition) is 1. The first-order valence-electron chi connectivity index (χ1n) is 12.3. The third kappa shape index (κ3) is 4.39. The molecule has 38 heavy (non-hydrogen) atoms. The lowest BCUT2D eigenvalue weighted by Crippen LogP contribution is -2.43. The van der Waals surface area contributed by atoms with E-state index in [0.717, 1.165) is 29.9 Å². The van der Waals surface area contributed by atoms with Gasteiger partial charge in [0.05, 0.1) is 50.6 Å². The molecular weight excluding hydrogens is 484 g/mol. The average molecular weight is 513 g/mol. The number of aromatic nitrogens is 8. The Morgan fingerprint density at radius 2 is 1.95 bits per heavy atom. The number of methoxy groups -OCH3 is 2. The summed E-state index contributed by atoms with van der Waals surface area (Å²) < 4.78 is 14.9. The molecule has 1 N–H and O–H groups in total. The van der Waals surface area contributed by atoms with Gasteiger partial charge in [-0.1, -0.05) is 0 Å². The standard InChI is InChI=1S/C26H28N10O2/c1-16-22(7-19(37-3)8-23(16)38-4)35(14-24-29-15-36(33-24)18-10-27-11-18)25-6-5-20-26(32-25)31-21(12-28-20)17-9-30-34(2)13-17/h5-9,12-13,15,18,27H,10-11,14H2,1-4H3. The van der Waals surface area contributed by atoms with Crippen molar-refractivity contribution in [2.24, 2.45) is 7.05 Å². The zero-order valence-electron chi connectivity index (χ0n) is 21.7. The van der Waals surface area contributed by atoms with E-state index in [1.165, 1.54) is 0 Å². The second kappa shape index (κ2) is 9.71. The SMILES string of the molecule is COc1cc(OC)c(C)c(N(Cc2ncn(C3CNC3)n2)c2ccc3ncc(-c4cnn(C)c4)nc3n2)c1. The monoisotopic (exact) mass is 512 g/mol. The molecule has 194 valence electrons. The van der Waals surface area contributed by atoms with E-state index >= 15 is 0 Å². The number of hydrogen-bond acceptors (Lipinski definition) is 10. The minimum Gasteiger partial charge on any atom is -0.497 e. The van der Waals surface area contributed by atoms with Crippen molar-refractivity contribution in [2.75, 3.05) is 32.2 Å². The highest BCUT2D eigenvalue weighted by Crippen LogP contribution is 2.38. The first kappa shape index (κ1) is 23.8. The van der Waals surface area contributed by atoms with Gasteiger partial charge in [0.1, 0.15) is 29.2 Å². The van der Waals surface area contributed by atoms with Gasteiger partial charge in [-0.25, -0.2) is 19.6 Å². The van der Waals surface area contributed by atoms with E-state index in [2.05, 4.69) is 25.3 Å². The molecule has 4 aromatic heterocycles. The Kier molecular flexibility index (Phi) is 6.08. The molecule has 5 aromatic rings. The van der Waals surface area contributed by atoms with E-state index < -0.39 is 0 Å². The Morgan fingerprint density at radius 3 is 2.66 bits per heavy atom. The van der Waals surface area contributed by atoms with E-state index in [9.17, 15) is 0 Å². The Labute approximate surface area is 219 Å². The summed E-state index contributed by atoms with van der Waals surface area (Å²) in [5, 5.41) is 12.3. The van der Waals surface area contributed by atoms with Gasteiger partial charge in [-0.3, -0.25) is 9.67 Å². The summed E-state index contributed by atoms with van der Waals surface area (Å²) in [7, 11) is 5.15. The lowest BCUT2D eigenvalue weighted by molar-refractivity contribution is 0.316. The molecule has 12 nitrogen and oxygen atoms in total. The van der Waals surface area contributed by atoms with E-state index in [1.54, 1.807) is 37.6 Å². The summed E-state index contributed by atoms with van der Waals surface area (Å²) in [5.74, 6) is 2.74. The topological polar surface area (TPSA) is 121 Å². The van der Waals surface area contributed by atoms with E-state index in [1.807, 2.05) is 49.1 Å². The van der Waals surface area contributed by atoms with Crippen LogP contribution in [0, 0.1) is 6.92 Å². The number of anilines is 2. The fraction of sp³-hybridized carbons (Fsp3) is 0.308. The van der Waals surface area contributed by atoms with Gasteiger partial charge in [0.25, 0.3) is 0 Å². The molecule has 12 heteroatoms. The summed E-state index contributed by atoms with van der Waals surface area (Å²) in [6.07, 6.45) is 7.19. The van der Waals surface area contributed by atoms with Crippen molar-refractivity contribution in [3.8, 4) is 22.8 Å². The van der Waals surface area contributed by atoms with Gasteiger partial charge >= 0.3 is 0 Å². The maximum Gasteiger partial charge on any atom is 0.180 e. The highest BCUT2D eigenvalue weighted by molar-refractivity contribution is 5.77. The first-order valence-corrected chi connectivity index (χ1v) is 12.3. The Balaban J connectivity index is 1.45. The second-order valence-electron chi connectivity index (χ2n) is 9.18. The molecule has 6 rings (SSSR count). The van der Waals surface area contributed by atoms with Gasteiger partial charge < -0.3 is 19.7 Å². The lowest BCUT2D eigenvalue weighted by atomic mass is 10.1. The molecule has 1 aliphatic heterocycles. The molecule has 0 atom stereocenters. The van der Waals surface area contributed by atoms with Crippen LogP contribution in [0.15, 0.2) is 49.2 Å². The van der Waals surface area contributed by atoms with Gasteiger partial charge in [0, 0.05) is 49.6 Å². The van der Waals surface area contributed by atoms with Crippen molar-refractivity contribution in [1.29, 1.82) is 0 Å². The normalized spacial score (nSPS) is 13.5. The summed E-state index contributed by atoms with van der Waals surface area (Å²) in [4.78, 5) is 21.0. The number of pyridine rings is 1. The molecule has 1 aliphatic rings. The summed E-state index contributed by atoms with van der Waals surface area (Å²) in [5.41, 5.74) is 4.61. The molecule has 0 bridgehead atoms. The number of benzene rings is 1. The smallest absolute Gasteiger partial charge is 0.180 e. The third-order valence-corrected chi connectivity index (χ3v) is 6.71. The number of aryl methyl sites for hydroxylation is 1. The number of rotatable bonds is 8. The molecule has 0 radical (unpaired) electrons. The molecule has 0 saturated carbocycles. The van der Waals surface area contributed by atoms with Crippen LogP contribution in [0.25, 0.3) is 22.4 Å². The number of ether oxygens (including phenoxy) is 2. The molecule has 0 unspecified atom stereocenters. The molecule has 0 amide bonds. The van der Waals surface area contributed by atoms with Crippen LogP contribution in [0.5, 0.6) is 11.5 Å². The van der Waals surface area contributed by atoms with Crippen molar-refractivity contribution >= 4 is 22.7 Å². The maximum atomic E-state index is 5.66. The molecule has 0 spiro atoms. The van der Waals surface area contributed by atoms with E-state index in [4.69, 9.17) is 24.5 Å². The quantitative estimate of drug-likeness (QED) is 0.332. The van der Waals surface area contributed by atoms with Crippen LogP contribution >= 0.6 is 0 Å². The Bertz CT molecular complexity index is 1610. The predicted molar refractivity (Wildman–Crippen MR) is 142 cm³/mol. The first-order chi connectivity index (χ1) is 18.5. The van der Waals surface area contributed by atoms with Crippen LogP contribution in [0.3, 0.4) is 0 Å². The zero-order chi connectivity index (χ0) is 26.2. The Morgan fingerprint density at radius 1 is 1.08 bits per heavy atom. The number of nitrogens with one attached hydrogen (secondary N) is 1. The van der Waals surface area contributed by atoms with Crippen LogP contribution in [-0.2, 0) is 13.6 Å². The highest BCUT2D eigenvalue weighted by atomic mass is 16.5. The fourth-order valence-corrected chi connectivity index (χ4v) is 4.44. The van der Waals surface area contributed by atoms with Crippen LogP contribution in [-0.4, -0.2) is 66.8 Å². The third-order valence-electron chi connectivity index (χ3n) is 6.71. The molecule has 5 heterocycles. The lowest BCUT2D eigenvalue weighted by Gasteiger charge is -2.27. The minimum atomic E-state index is 0.323. The van der Waals surface area contributed by atoms with Gasteiger partial charge in [0.15, 0.2) is 11.5 Å². The van der Waals surface area contributed by atoms with E-state index in [-0.39, 0.29) is 0 Å². The van der Waals surface area contributed by atoms with Crippen molar-refractivity contribution in [1.82, 2.24) is 44.8 Å². The largest absolute Gasteiger partial charge is 0.497 e. The summed E-state index contributed by atoms with van der Waals surface area (Å²) in [6.45, 7) is 4.18. The maximum absolute atomic E-state index is 5.66. The van der Waals surface area contributed by atoms with Crippen molar-refractivity contribution < 1.29 is 9.47 Å². The van der Waals surface area contributed by atoms with Crippen LogP contribution in [0.4, 0.5) is 11.5 Å². The predicted octanol–water partition coefficient (Wildman–Crippen LogP) is 2.83. The number of fused-ring (bicyclic) bond motifs is 1. The second-order valence-corrected chi connectivity index (χ2v) is 9.18. The van der Waals surface area contributed by atoms with Crippen molar-refractivity contribution in [2.45, 2.75) is 19.5 Å². The zero-order valence-corrected chi connectivity index (χ0v) is 21.7.